The van der Waals surface area contributed by atoms with Crippen LogP contribution in [0.15, 0.2) is 18.2 Å². The smallest absolute Gasteiger partial charge is 0.407 e. The maximum Gasteiger partial charge on any atom is 0.407 e. The van der Waals surface area contributed by atoms with Crippen LogP contribution in [0.4, 0.5) is 10.5 Å². The van der Waals surface area contributed by atoms with Gasteiger partial charge >= 0.3 is 12.1 Å². The number of carbonyl (C=O) groups excluding carboxylic acids is 1. The summed E-state index contributed by atoms with van der Waals surface area (Å²) in [6, 6.07) is 3.41. The Hall–Kier alpha value is -2.64. The molecule has 0 heterocycles. The lowest BCUT2D eigenvalue weighted by Gasteiger charge is -2.19. The van der Waals surface area contributed by atoms with Crippen LogP contribution in [0.5, 0.6) is 0 Å². The van der Waals surface area contributed by atoms with Crippen LogP contribution < -0.4 is 5.32 Å². The van der Waals surface area contributed by atoms with E-state index in [1.54, 1.807) is 20.8 Å². The van der Waals surface area contributed by atoms with Crippen molar-refractivity contribution >= 4 is 17.7 Å². The average molecular weight is 296 g/mol. The van der Waals surface area contributed by atoms with Crippen molar-refractivity contribution in [1.82, 2.24) is 5.32 Å². The Morgan fingerprint density at radius 2 is 1.95 bits per heavy atom. The number of ether oxygens (including phenoxy) is 1. The number of carboxylic acid groups (broad SMARTS) is 1. The van der Waals surface area contributed by atoms with E-state index in [4.69, 9.17) is 9.84 Å². The first-order chi connectivity index (χ1) is 9.58. The summed E-state index contributed by atoms with van der Waals surface area (Å²) in [5.74, 6) is -1.28. The number of amides is 1. The number of hydrogen-bond donors (Lipinski definition) is 2. The van der Waals surface area contributed by atoms with Gasteiger partial charge in [-0.2, -0.15) is 0 Å². The van der Waals surface area contributed by atoms with E-state index >= 15 is 0 Å². The number of nitrogens with zero attached hydrogens (tertiary/aromatic N) is 1. The topological polar surface area (TPSA) is 119 Å². The summed E-state index contributed by atoms with van der Waals surface area (Å²) in [5, 5.41) is 22.1. The molecule has 2 N–H and O–H groups in total. The van der Waals surface area contributed by atoms with Crippen LogP contribution in [0.2, 0.25) is 0 Å². The highest BCUT2D eigenvalue weighted by atomic mass is 16.6. The van der Waals surface area contributed by atoms with E-state index in [1.165, 1.54) is 12.1 Å². The number of aromatic carboxylic acids is 1. The van der Waals surface area contributed by atoms with Gasteiger partial charge in [-0.3, -0.25) is 10.1 Å². The van der Waals surface area contributed by atoms with E-state index in [9.17, 15) is 19.7 Å². The van der Waals surface area contributed by atoms with Crippen molar-refractivity contribution < 1.29 is 24.4 Å². The second-order valence-corrected chi connectivity index (χ2v) is 5.31. The molecule has 0 saturated heterocycles. The molecule has 0 aromatic heterocycles. The normalized spacial score (nSPS) is 10.8. The molecule has 0 aliphatic rings. The van der Waals surface area contributed by atoms with Crippen molar-refractivity contribution in [2.75, 3.05) is 0 Å². The Labute approximate surface area is 120 Å². The van der Waals surface area contributed by atoms with Crippen LogP contribution in [0.3, 0.4) is 0 Å². The summed E-state index contributed by atoms with van der Waals surface area (Å²) >= 11 is 0. The Morgan fingerprint density at radius 1 is 1.33 bits per heavy atom. The Morgan fingerprint density at radius 3 is 2.43 bits per heavy atom. The number of carboxylic acids is 1. The molecule has 114 valence electrons. The Balaban J connectivity index is 2.86. The van der Waals surface area contributed by atoms with Crippen LogP contribution in [0, 0.1) is 10.1 Å². The number of nitrogens with one attached hydrogen (secondary N) is 1. The van der Waals surface area contributed by atoms with Gasteiger partial charge in [-0.15, -0.1) is 0 Å². The van der Waals surface area contributed by atoms with Crippen LogP contribution >= 0.6 is 0 Å². The predicted molar refractivity (Wildman–Crippen MR) is 73.1 cm³/mol. The zero-order valence-corrected chi connectivity index (χ0v) is 11.9. The van der Waals surface area contributed by atoms with Crippen molar-refractivity contribution in [2.45, 2.75) is 32.9 Å². The van der Waals surface area contributed by atoms with Crippen molar-refractivity contribution in [2.24, 2.45) is 0 Å². The van der Waals surface area contributed by atoms with Gasteiger partial charge in [-0.1, -0.05) is 0 Å². The third-order valence-electron chi connectivity index (χ3n) is 2.27. The quantitative estimate of drug-likeness (QED) is 0.650. The van der Waals surface area contributed by atoms with Crippen molar-refractivity contribution in [3.05, 3.63) is 39.4 Å². The highest BCUT2D eigenvalue weighted by molar-refractivity contribution is 5.88. The van der Waals surface area contributed by atoms with Crippen LogP contribution in [0.1, 0.15) is 36.7 Å². The number of nitro benzene ring substituents is 1. The Bertz CT molecular complexity index is 544. The minimum atomic E-state index is -1.28. The van der Waals surface area contributed by atoms with Crippen molar-refractivity contribution in [3.8, 4) is 0 Å². The lowest BCUT2D eigenvalue weighted by Crippen LogP contribution is -2.32. The highest BCUT2D eigenvalue weighted by Gasteiger charge is 2.17. The van der Waals surface area contributed by atoms with Gasteiger partial charge < -0.3 is 15.2 Å². The number of hydrogen-bond acceptors (Lipinski definition) is 5. The standard InChI is InChI=1S/C13H16N2O6/c1-13(2,3)21-12(18)14-7-8-4-9(11(16)17)6-10(5-8)15(19)20/h4-6H,7H2,1-3H3,(H,14,18)(H,16,17). The van der Waals surface area contributed by atoms with Crippen LogP contribution in [-0.2, 0) is 11.3 Å². The van der Waals surface area contributed by atoms with Gasteiger partial charge in [-0.25, -0.2) is 9.59 Å². The molecule has 1 aromatic rings. The minimum absolute atomic E-state index is 0.0725. The fourth-order valence-corrected chi connectivity index (χ4v) is 1.49. The summed E-state index contributed by atoms with van der Waals surface area (Å²) in [6.07, 6.45) is -0.689. The molecule has 0 spiro atoms. The summed E-state index contributed by atoms with van der Waals surface area (Å²) in [5.41, 5.74) is -0.938. The third kappa shape index (κ3) is 5.47. The second kappa shape index (κ2) is 6.21. The van der Waals surface area contributed by atoms with E-state index in [0.717, 1.165) is 6.07 Å². The van der Waals surface area contributed by atoms with Crippen molar-refractivity contribution in [3.63, 3.8) is 0 Å². The second-order valence-electron chi connectivity index (χ2n) is 5.31. The number of benzene rings is 1. The summed E-state index contributed by atoms with van der Waals surface area (Å²) in [4.78, 5) is 32.5. The number of carbonyl (C=O) groups is 2. The predicted octanol–water partition coefficient (Wildman–Crippen LogP) is 2.32. The average Bonchev–Trinajstić information content (AvgIpc) is 2.33. The minimum Gasteiger partial charge on any atom is -0.478 e. The highest BCUT2D eigenvalue weighted by Crippen LogP contribution is 2.17. The van der Waals surface area contributed by atoms with Gasteiger partial charge in [0.15, 0.2) is 0 Å². The first-order valence-electron chi connectivity index (χ1n) is 6.07. The lowest BCUT2D eigenvalue weighted by molar-refractivity contribution is -0.385. The van der Waals surface area contributed by atoms with Gasteiger partial charge in [0.05, 0.1) is 10.5 Å². The molecule has 1 aromatic carbocycles. The Kier molecular flexibility index (Phi) is 4.85. The van der Waals surface area contributed by atoms with E-state index in [-0.39, 0.29) is 17.8 Å². The molecule has 1 rings (SSSR count). The van der Waals surface area contributed by atoms with E-state index < -0.39 is 22.6 Å². The number of nitro groups is 1. The number of non-ortho nitro benzene ring substituents is 1. The zero-order valence-electron chi connectivity index (χ0n) is 11.9. The van der Waals surface area contributed by atoms with Gasteiger partial charge in [0.25, 0.3) is 5.69 Å². The molecule has 0 bridgehead atoms. The van der Waals surface area contributed by atoms with Gasteiger partial charge in [-0.05, 0) is 32.4 Å². The van der Waals surface area contributed by atoms with Gasteiger partial charge in [0.2, 0.25) is 0 Å². The zero-order chi connectivity index (χ0) is 16.2. The molecule has 0 saturated carbocycles. The molecule has 0 aliphatic heterocycles. The maximum atomic E-state index is 11.5. The number of alkyl carbamates (subject to hydrolysis) is 1. The summed E-state index contributed by atoms with van der Waals surface area (Å²) < 4.78 is 5.01. The lowest BCUT2D eigenvalue weighted by atomic mass is 10.1. The molecule has 0 aliphatic carbocycles. The first kappa shape index (κ1) is 16.4. The fourth-order valence-electron chi connectivity index (χ4n) is 1.49. The first-order valence-corrected chi connectivity index (χ1v) is 6.07. The maximum absolute atomic E-state index is 11.5. The molecule has 8 nitrogen and oxygen atoms in total. The molecule has 8 heteroatoms. The molecule has 21 heavy (non-hydrogen) atoms. The largest absolute Gasteiger partial charge is 0.478 e. The molecule has 0 radical (unpaired) electrons. The van der Waals surface area contributed by atoms with E-state index in [2.05, 4.69) is 5.32 Å². The van der Waals surface area contributed by atoms with Crippen LogP contribution in [-0.4, -0.2) is 27.7 Å². The van der Waals surface area contributed by atoms with E-state index in [1.807, 2.05) is 0 Å². The van der Waals surface area contributed by atoms with Crippen LogP contribution in [0.25, 0.3) is 0 Å². The molecule has 0 atom stereocenters. The molecule has 0 unspecified atom stereocenters. The number of rotatable bonds is 4. The van der Waals surface area contributed by atoms with Crippen molar-refractivity contribution in [1.29, 1.82) is 0 Å². The summed E-state index contributed by atoms with van der Waals surface area (Å²) in [6.45, 7) is 5.02. The molecule has 0 fully saturated rings. The fraction of sp³-hybridized carbons (Fsp3) is 0.385. The SMILES string of the molecule is CC(C)(C)OC(=O)NCc1cc(C(=O)O)cc([N+](=O)[O-])c1. The molecule has 1 amide bonds. The summed E-state index contributed by atoms with van der Waals surface area (Å²) in [7, 11) is 0. The molecular weight excluding hydrogens is 280 g/mol. The van der Waals surface area contributed by atoms with E-state index in [0.29, 0.717) is 5.56 Å². The van der Waals surface area contributed by atoms with Gasteiger partial charge in [0, 0.05) is 18.7 Å². The monoisotopic (exact) mass is 296 g/mol. The molecular formula is C13H16N2O6. The van der Waals surface area contributed by atoms with Gasteiger partial charge in [0.1, 0.15) is 5.60 Å². The third-order valence-corrected chi connectivity index (χ3v) is 2.27.